The largest absolute Gasteiger partial charge is 0.385 e. The van der Waals surface area contributed by atoms with Crippen LogP contribution in [0.5, 0.6) is 0 Å². The highest BCUT2D eigenvalue weighted by Crippen LogP contribution is 2.29. The van der Waals surface area contributed by atoms with Crippen molar-refractivity contribution in [2.24, 2.45) is 0 Å². The molecule has 2 N–H and O–H groups in total. The van der Waals surface area contributed by atoms with Crippen LogP contribution in [0.4, 0.5) is 11.4 Å². The molecule has 1 unspecified atom stereocenters. The number of anilines is 2. The lowest BCUT2D eigenvalue weighted by Gasteiger charge is -2.28. The van der Waals surface area contributed by atoms with Gasteiger partial charge in [-0.3, -0.25) is 0 Å². The zero-order valence-corrected chi connectivity index (χ0v) is 9.47. The average molecular weight is 227 g/mol. The highest BCUT2D eigenvalue weighted by Gasteiger charge is 2.16. The van der Waals surface area contributed by atoms with E-state index in [1.807, 2.05) is 18.2 Å². The maximum atomic E-state index is 5.91. The quantitative estimate of drug-likeness (QED) is 0.831. The first-order valence-electron chi connectivity index (χ1n) is 5.08. The molecule has 15 heavy (non-hydrogen) atoms. The van der Waals surface area contributed by atoms with Gasteiger partial charge in [0.15, 0.2) is 0 Å². The summed E-state index contributed by atoms with van der Waals surface area (Å²) in [5.41, 5.74) is 2.20. The second kappa shape index (κ2) is 4.73. The first-order valence-corrected chi connectivity index (χ1v) is 5.46. The molecule has 1 aromatic rings. The number of nitrogens with one attached hydrogen (secondary N) is 2. The van der Waals surface area contributed by atoms with Crippen molar-refractivity contribution in [1.82, 2.24) is 0 Å². The summed E-state index contributed by atoms with van der Waals surface area (Å²) >= 11 is 5.91. The molecule has 82 valence electrons. The molecule has 3 nitrogen and oxygen atoms in total. The summed E-state index contributed by atoms with van der Waals surface area (Å²) in [6, 6.07) is 6.27. The van der Waals surface area contributed by atoms with Gasteiger partial charge in [0.05, 0.1) is 11.4 Å². The van der Waals surface area contributed by atoms with Gasteiger partial charge < -0.3 is 15.4 Å². The third kappa shape index (κ3) is 2.55. The third-order valence-corrected chi connectivity index (χ3v) is 2.79. The molecule has 0 amide bonds. The summed E-state index contributed by atoms with van der Waals surface area (Å²) in [7, 11) is 1.73. The highest BCUT2D eigenvalue weighted by molar-refractivity contribution is 6.31. The Kier molecular flexibility index (Phi) is 3.34. The lowest BCUT2D eigenvalue weighted by atomic mass is 10.1. The summed E-state index contributed by atoms with van der Waals surface area (Å²) in [4.78, 5) is 0. The Balaban J connectivity index is 2.03. The van der Waals surface area contributed by atoms with E-state index in [2.05, 4.69) is 10.6 Å². The molecule has 4 heteroatoms. The average Bonchev–Trinajstić information content (AvgIpc) is 2.26. The summed E-state index contributed by atoms with van der Waals surface area (Å²) in [5.74, 6) is 0. The second-order valence-electron chi connectivity index (χ2n) is 3.69. The van der Waals surface area contributed by atoms with Crippen LogP contribution in [0, 0.1) is 0 Å². The molecule has 1 aliphatic heterocycles. The zero-order valence-electron chi connectivity index (χ0n) is 8.72. The maximum absolute atomic E-state index is 5.91. The Morgan fingerprint density at radius 2 is 2.33 bits per heavy atom. The third-order valence-electron chi connectivity index (χ3n) is 2.55. The predicted molar refractivity (Wildman–Crippen MR) is 63.8 cm³/mol. The van der Waals surface area contributed by atoms with E-state index < -0.39 is 0 Å². The van der Waals surface area contributed by atoms with Crippen molar-refractivity contribution >= 4 is 23.0 Å². The lowest BCUT2D eigenvalue weighted by Crippen LogP contribution is -2.33. The number of hydrogen-bond donors (Lipinski definition) is 2. The van der Waals surface area contributed by atoms with E-state index in [1.54, 1.807) is 7.11 Å². The van der Waals surface area contributed by atoms with E-state index in [4.69, 9.17) is 16.3 Å². The summed E-state index contributed by atoms with van der Waals surface area (Å²) in [6.07, 6.45) is 1.01. The van der Waals surface area contributed by atoms with Gasteiger partial charge >= 0.3 is 0 Å². The van der Waals surface area contributed by atoms with Crippen molar-refractivity contribution < 1.29 is 4.74 Å². The molecule has 0 saturated carbocycles. The number of benzene rings is 1. The van der Waals surface area contributed by atoms with Crippen LogP contribution in [-0.2, 0) is 4.74 Å². The molecule has 1 heterocycles. The fourth-order valence-electron chi connectivity index (χ4n) is 1.73. The van der Waals surface area contributed by atoms with Crippen LogP contribution in [0.3, 0.4) is 0 Å². The van der Waals surface area contributed by atoms with Gasteiger partial charge in [-0.15, -0.1) is 0 Å². The minimum Gasteiger partial charge on any atom is -0.385 e. The van der Waals surface area contributed by atoms with Crippen LogP contribution in [0.1, 0.15) is 6.42 Å². The van der Waals surface area contributed by atoms with Gasteiger partial charge in [0.2, 0.25) is 0 Å². The number of hydrogen-bond acceptors (Lipinski definition) is 3. The molecule has 0 aliphatic carbocycles. The lowest BCUT2D eigenvalue weighted by molar-refractivity contribution is 0.190. The smallest absolute Gasteiger partial charge is 0.0591 e. The van der Waals surface area contributed by atoms with Gasteiger partial charge in [0.25, 0.3) is 0 Å². The van der Waals surface area contributed by atoms with Crippen molar-refractivity contribution in [3.63, 3.8) is 0 Å². The zero-order chi connectivity index (χ0) is 10.7. The minimum absolute atomic E-state index is 0.429. The van der Waals surface area contributed by atoms with Crippen molar-refractivity contribution in [1.29, 1.82) is 0 Å². The summed E-state index contributed by atoms with van der Waals surface area (Å²) in [6.45, 7) is 1.69. The van der Waals surface area contributed by atoms with Gasteiger partial charge in [-0.25, -0.2) is 0 Å². The molecule has 0 bridgehead atoms. The summed E-state index contributed by atoms with van der Waals surface area (Å²) in [5, 5.41) is 7.58. The SMILES string of the molecule is COCCC1CNc2cc(Cl)ccc2N1. The Labute approximate surface area is 94.8 Å². The Morgan fingerprint density at radius 1 is 1.47 bits per heavy atom. The van der Waals surface area contributed by atoms with Gasteiger partial charge in [-0.1, -0.05) is 11.6 Å². The Morgan fingerprint density at radius 3 is 3.13 bits per heavy atom. The molecule has 1 aliphatic rings. The van der Waals surface area contributed by atoms with Crippen LogP contribution in [0.2, 0.25) is 5.02 Å². The van der Waals surface area contributed by atoms with E-state index in [0.29, 0.717) is 6.04 Å². The molecule has 0 saturated heterocycles. The molecule has 0 radical (unpaired) electrons. The van der Waals surface area contributed by atoms with Gasteiger partial charge in [0.1, 0.15) is 0 Å². The van der Waals surface area contributed by atoms with Gasteiger partial charge in [-0.2, -0.15) is 0 Å². The number of rotatable bonds is 3. The summed E-state index contributed by atoms with van der Waals surface area (Å²) < 4.78 is 5.06. The molecule has 0 spiro atoms. The van der Waals surface area contributed by atoms with E-state index >= 15 is 0 Å². The van der Waals surface area contributed by atoms with Crippen LogP contribution >= 0.6 is 11.6 Å². The van der Waals surface area contributed by atoms with E-state index in [-0.39, 0.29) is 0 Å². The monoisotopic (exact) mass is 226 g/mol. The molecular weight excluding hydrogens is 212 g/mol. The molecular formula is C11H15ClN2O. The van der Waals surface area contributed by atoms with Crippen LogP contribution in [0.15, 0.2) is 18.2 Å². The standard InChI is InChI=1S/C11H15ClN2O/c1-15-5-4-9-7-13-11-6-8(12)2-3-10(11)14-9/h2-3,6,9,13-14H,4-5,7H2,1H3. The van der Waals surface area contributed by atoms with E-state index in [9.17, 15) is 0 Å². The highest BCUT2D eigenvalue weighted by atomic mass is 35.5. The van der Waals surface area contributed by atoms with Crippen molar-refractivity contribution in [2.75, 3.05) is 30.9 Å². The van der Waals surface area contributed by atoms with Crippen molar-refractivity contribution in [2.45, 2.75) is 12.5 Å². The Bertz CT molecular complexity index is 343. The fraction of sp³-hybridized carbons (Fsp3) is 0.455. The number of fused-ring (bicyclic) bond motifs is 1. The first-order chi connectivity index (χ1) is 7.29. The molecule has 2 rings (SSSR count). The molecule has 1 aromatic carbocycles. The predicted octanol–water partition coefficient (Wildman–Crippen LogP) is 2.58. The molecule has 0 fully saturated rings. The number of methoxy groups -OCH3 is 1. The minimum atomic E-state index is 0.429. The Hall–Kier alpha value is -0.930. The normalized spacial score (nSPS) is 18.9. The maximum Gasteiger partial charge on any atom is 0.0591 e. The topological polar surface area (TPSA) is 33.3 Å². The van der Waals surface area contributed by atoms with Crippen LogP contribution in [-0.4, -0.2) is 26.3 Å². The van der Waals surface area contributed by atoms with Crippen molar-refractivity contribution in [3.05, 3.63) is 23.2 Å². The molecule has 0 aromatic heterocycles. The number of ether oxygens (including phenoxy) is 1. The fourth-order valence-corrected chi connectivity index (χ4v) is 1.90. The van der Waals surface area contributed by atoms with Crippen molar-refractivity contribution in [3.8, 4) is 0 Å². The van der Waals surface area contributed by atoms with E-state index in [0.717, 1.165) is 36.0 Å². The van der Waals surface area contributed by atoms with Crippen LogP contribution in [0.25, 0.3) is 0 Å². The van der Waals surface area contributed by atoms with E-state index in [1.165, 1.54) is 0 Å². The molecule has 1 atom stereocenters. The van der Waals surface area contributed by atoms with Gasteiger partial charge in [0, 0.05) is 31.3 Å². The first kappa shape index (κ1) is 10.6. The second-order valence-corrected chi connectivity index (χ2v) is 4.13. The van der Waals surface area contributed by atoms with Gasteiger partial charge in [-0.05, 0) is 24.6 Å². The van der Waals surface area contributed by atoms with Crippen LogP contribution < -0.4 is 10.6 Å². The number of halogens is 1.